The zero-order valence-electron chi connectivity index (χ0n) is 7.52. The van der Waals surface area contributed by atoms with E-state index in [0.29, 0.717) is 5.56 Å². The van der Waals surface area contributed by atoms with Crippen molar-refractivity contribution in [1.82, 2.24) is 0 Å². The Morgan fingerprint density at radius 2 is 2.29 bits per heavy atom. The topological polar surface area (TPSA) is 87.2 Å². The Kier molecular flexibility index (Phi) is 2.79. The van der Waals surface area contributed by atoms with E-state index in [4.69, 9.17) is 10.4 Å². The summed E-state index contributed by atoms with van der Waals surface area (Å²) in [6.07, 6.45) is 0. The third-order valence-corrected chi connectivity index (χ3v) is 1.98. The summed E-state index contributed by atoms with van der Waals surface area (Å²) >= 11 is 0. The van der Waals surface area contributed by atoms with E-state index in [1.165, 1.54) is 6.07 Å². The van der Waals surface area contributed by atoms with Gasteiger partial charge in [0.15, 0.2) is 0 Å². The van der Waals surface area contributed by atoms with Crippen LogP contribution in [-0.4, -0.2) is 10.0 Å². The Morgan fingerprint density at radius 1 is 1.64 bits per heavy atom. The first kappa shape index (κ1) is 10.2. The molecule has 0 unspecified atom stereocenters. The summed E-state index contributed by atoms with van der Waals surface area (Å²) < 4.78 is 0. The number of nitro groups is 1. The average molecular weight is 192 g/mol. The zero-order chi connectivity index (χ0) is 10.7. The Labute approximate surface area is 80.4 Å². The summed E-state index contributed by atoms with van der Waals surface area (Å²) in [7, 11) is 0. The highest BCUT2D eigenvalue weighted by molar-refractivity contribution is 5.56. The molecule has 0 saturated heterocycles. The SMILES string of the molecule is Cc1ccc(C#N)c([N+](=O)[O-])c1CO. The molecular formula is C9H8N2O3. The van der Waals surface area contributed by atoms with Crippen molar-refractivity contribution < 1.29 is 10.0 Å². The van der Waals surface area contributed by atoms with E-state index in [2.05, 4.69) is 0 Å². The average Bonchev–Trinajstić information content (AvgIpc) is 2.17. The molecule has 0 aliphatic carbocycles. The van der Waals surface area contributed by atoms with Gasteiger partial charge in [-0.25, -0.2) is 0 Å². The molecule has 0 spiro atoms. The Hall–Kier alpha value is -1.93. The molecule has 0 heterocycles. The fraction of sp³-hybridized carbons (Fsp3) is 0.222. The first-order valence-electron chi connectivity index (χ1n) is 3.89. The monoisotopic (exact) mass is 192 g/mol. The van der Waals surface area contributed by atoms with E-state index in [1.807, 2.05) is 0 Å². The molecule has 1 rings (SSSR count). The number of aliphatic hydroxyl groups excluding tert-OH is 1. The second-order valence-electron chi connectivity index (χ2n) is 2.78. The van der Waals surface area contributed by atoms with Crippen LogP contribution in [0.2, 0.25) is 0 Å². The first-order chi connectivity index (χ1) is 6.61. The number of aryl methyl sites for hydroxylation is 1. The molecule has 1 N–H and O–H groups in total. The van der Waals surface area contributed by atoms with Crippen molar-refractivity contribution in [1.29, 1.82) is 5.26 Å². The largest absolute Gasteiger partial charge is 0.391 e. The van der Waals surface area contributed by atoms with Crippen LogP contribution in [0.4, 0.5) is 5.69 Å². The van der Waals surface area contributed by atoms with Gasteiger partial charge < -0.3 is 5.11 Å². The third kappa shape index (κ3) is 1.56. The number of aliphatic hydroxyl groups is 1. The molecule has 0 aliphatic heterocycles. The molecule has 1 aromatic rings. The minimum Gasteiger partial charge on any atom is -0.391 e. The van der Waals surface area contributed by atoms with Crippen LogP contribution in [-0.2, 0) is 6.61 Å². The van der Waals surface area contributed by atoms with Gasteiger partial charge in [0.05, 0.1) is 17.1 Å². The Bertz CT molecular complexity index is 421. The highest BCUT2D eigenvalue weighted by Crippen LogP contribution is 2.26. The molecule has 0 fully saturated rings. The Morgan fingerprint density at radius 3 is 2.71 bits per heavy atom. The van der Waals surface area contributed by atoms with E-state index in [0.717, 1.165) is 0 Å². The zero-order valence-corrected chi connectivity index (χ0v) is 7.52. The molecule has 0 atom stereocenters. The van der Waals surface area contributed by atoms with Gasteiger partial charge in [-0.3, -0.25) is 10.1 Å². The van der Waals surface area contributed by atoms with Crippen molar-refractivity contribution in [2.45, 2.75) is 13.5 Å². The van der Waals surface area contributed by atoms with Crippen LogP contribution in [0, 0.1) is 28.4 Å². The number of benzene rings is 1. The van der Waals surface area contributed by atoms with Crippen molar-refractivity contribution in [3.05, 3.63) is 38.9 Å². The summed E-state index contributed by atoms with van der Waals surface area (Å²) in [4.78, 5) is 10.0. The second kappa shape index (κ2) is 3.85. The lowest BCUT2D eigenvalue weighted by atomic mass is 10.0. The normalized spacial score (nSPS) is 9.50. The molecule has 5 nitrogen and oxygen atoms in total. The van der Waals surface area contributed by atoms with Gasteiger partial charge in [-0.1, -0.05) is 6.07 Å². The quantitative estimate of drug-likeness (QED) is 0.564. The predicted octanol–water partition coefficient (Wildman–Crippen LogP) is 1.27. The molecule has 14 heavy (non-hydrogen) atoms. The van der Waals surface area contributed by atoms with Gasteiger partial charge in [-0.2, -0.15) is 5.26 Å². The molecule has 0 aliphatic rings. The number of hydrogen-bond acceptors (Lipinski definition) is 4. The van der Waals surface area contributed by atoms with Crippen LogP contribution >= 0.6 is 0 Å². The first-order valence-corrected chi connectivity index (χ1v) is 3.89. The smallest absolute Gasteiger partial charge is 0.292 e. The standard InChI is InChI=1S/C9H8N2O3/c1-6-2-3-7(4-10)9(11(13)14)8(6)5-12/h2-3,12H,5H2,1H3. The number of nitro benzene ring substituents is 1. The lowest BCUT2D eigenvalue weighted by Crippen LogP contribution is -2.00. The number of nitriles is 1. The maximum absolute atomic E-state index is 10.7. The summed E-state index contributed by atoms with van der Waals surface area (Å²) in [6, 6.07) is 4.69. The summed E-state index contributed by atoms with van der Waals surface area (Å²) in [5.74, 6) is 0. The van der Waals surface area contributed by atoms with Gasteiger partial charge in [-0.05, 0) is 18.6 Å². The van der Waals surface area contributed by atoms with Gasteiger partial charge >= 0.3 is 0 Å². The van der Waals surface area contributed by atoms with Crippen molar-refractivity contribution in [3.8, 4) is 6.07 Å². The van der Waals surface area contributed by atoms with Gasteiger partial charge in [0, 0.05) is 0 Å². The number of hydrogen-bond donors (Lipinski definition) is 1. The highest BCUT2D eigenvalue weighted by Gasteiger charge is 2.20. The van der Waals surface area contributed by atoms with Crippen molar-refractivity contribution >= 4 is 5.69 Å². The summed E-state index contributed by atoms with van der Waals surface area (Å²) in [6.45, 7) is 1.22. The van der Waals surface area contributed by atoms with E-state index >= 15 is 0 Å². The van der Waals surface area contributed by atoms with Crippen LogP contribution in [0.3, 0.4) is 0 Å². The number of nitrogens with zero attached hydrogens (tertiary/aromatic N) is 2. The molecular weight excluding hydrogens is 184 g/mol. The van der Waals surface area contributed by atoms with Crippen LogP contribution in [0.15, 0.2) is 12.1 Å². The van der Waals surface area contributed by atoms with Crippen LogP contribution < -0.4 is 0 Å². The summed E-state index contributed by atoms with van der Waals surface area (Å²) in [5.41, 5.74) is 0.493. The van der Waals surface area contributed by atoms with Crippen LogP contribution in [0.1, 0.15) is 16.7 Å². The van der Waals surface area contributed by atoms with Gasteiger partial charge in [0.25, 0.3) is 5.69 Å². The fourth-order valence-electron chi connectivity index (χ4n) is 1.24. The van der Waals surface area contributed by atoms with Crippen molar-refractivity contribution in [3.63, 3.8) is 0 Å². The maximum Gasteiger partial charge on any atom is 0.292 e. The minimum absolute atomic E-state index is 0.0235. The minimum atomic E-state index is -0.642. The van der Waals surface area contributed by atoms with Crippen LogP contribution in [0.25, 0.3) is 0 Å². The molecule has 0 bridgehead atoms. The van der Waals surface area contributed by atoms with Crippen molar-refractivity contribution in [2.75, 3.05) is 0 Å². The van der Waals surface area contributed by atoms with Crippen LogP contribution in [0.5, 0.6) is 0 Å². The molecule has 5 heteroatoms. The van der Waals surface area contributed by atoms with E-state index in [9.17, 15) is 10.1 Å². The molecule has 0 aromatic heterocycles. The maximum atomic E-state index is 10.7. The van der Waals surface area contributed by atoms with E-state index in [-0.39, 0.29) is 16.8 Å². The van der Waals surface area contributed by atoms with E-state index < -0.39 is 11.5 Å². The molecule has 72 valence electrons. The number of rotatable bonds is 2. The highest BCUT2D eigenvalue weighted by atomic mass is 16.6. The predicted molar refractivity (Wildman–Crippen MR) is 48.5 cm³/mol. The lowest BCUT2D eigenvalue weighted by molar-refractivity contribution is -0.386. The third-order valence-electron chi connectivity index (χ3n) is 1.98. The second-order valence-corrected chi connectivity index (χ2v) is 2.78. The van der Waals surface area contributed by atoms with Gasteiger partial charge in [-0.15, -0.1) is 0 Å². The lowest BCUT2D eigenvalue weighted by Gasteiger charge is -2.04. The Balaban J connectivity index is 3.54. The van der Waals surface area contributed by atoms with Gasteiger partial charge in [0.2, 0.25) is 0 Å². The molecule has 0 amide bonds. The van der Waals surface area contributed by atoms with Gasteiger partial charge in [0.1, 0.15) is 11.6 Å². The fourth-order valence-corrected chi connectivity index (χ4v) is 1.24. The molecule has 0 radical (unpaired) electrons. The molecule has 1 aromatic carbocycles. The van der Waals surface area contributed by atoms with Crippen molar-refractivity contribution in [2.24, 2.45) is 0 Å². The summed E-state index contributed by atoms with van der Waals surface area (Å²) in [5, 5.41) is 28.3. The van der Waals surface area contributed by atoms with E-state index in [1.54, 1.807) is 19.1 Å². The molecule has 0 saturated carbocycles.